The average Bonchev–Trinajstić information content (AvgIpc) is 2.96. The average molecular weight is 384 g/mol. The molecule has 3 rings (SSSR count). The van der Waals surface area contributed by atoms with Crippen LogP contribution in [0.2, 0.25) is 0 Å². The minimum Gasteiger partial charge on any atom is -0.492 e. The van der Waals surface area contributed by atoms with Gasteiger partial charge in [-0.2, -0.15) is 5.10 Å². The number of amides is 2. The molecule has 1 aromatic carbocycles. The summed E-state index contributed by atoms with van der Waals surface area (Å²) in [6.45, 7) is 4.51. The summed E-state index contributed by atoms with van der Waals surface area (Å²) in [4.78, 5) is 28.9. The second-order valence-corrected chi connectivity index (χ2v) is 6.98. The van der Waals surface area contributed by atoms with Gasteiger partial charge in [-0.15, -0.1) is 0 Å². The number of aryl methyl sites for hydroxylation is 2. The molecule has 1 aliphatic rings. The van der Waals surface area contributed by atoms with Gasteiger partial charge in [0, 0.05) is 33.1 Å². The summed E-state index contributed by atoms with van der Waals surface area (Å²) in [5.41, 5.74) is 1.51. The third kappa shape index (κ3) is 4.91. The Balaban J connectivity index is 1.55. The van der Waals surface area contributed by atoms with Crippen LogP contribution in [0.1, 0.15) is 35.9 Å². The summed E-state index contributed by atoms with van der Waals surface area (Å²) in [5.74, 6) is 0.789. The maximum absolute atomic E-state index is 12.9. The number of nitrogens with zero attached hydrogens (tertiary/aromatic N) is 4. The van der Waals surface area contributed by atoms with Crippen molar-refractivity contribution in [2.24, 2.45) is 7.05 Å². The van der Waals surface area contributed by atoms with Crippen molar-refractivity contribution in [2.75, 3.05) is 32.8 Å². The topological polar surface area (TPSA) is 67.7 Å². The maximum atomic E-state index is 12.9. The minimum absolute atomic E-state index is 0.0589. The third-order valence-corrected chi connectivity index (χ3v) is 4.90. The lowest BCUT2D eigenvalue weighted by atomic mass is 10.2. The van der Waals surface area contributed by atoms with Gasteiger partial charge in [0.25, 0.3) is 5.91 Å². The van der Waals surface area contributed by atoms with Crippen LogP contribution >= 0.6 is 0 Å². The number of rotatable bonds is 7. The Bertz CT molecular complexity index is 803. The van der Waals surface area contributed by atoms with E-state index in [1.165, 1.54) is 0 Å². The highest BCUT2D eigenvalue weighted by atomic mass is 16.5. The molecular weight excluding hydrogens is 356 g/mol. The molecule has 0 aliphatic carbocycles. The summed E-state index contributed by atoms with van der Waals surface area (Å²) in [6.07, 6.45) is 2.18. The van der Waals surface area contributed by atoms with Crippen LogP contribution < -0.4 is 4.74 Å². The molecule has 7 heteroatoms. The van der Waals surface area contributed by atoms with E-state index in [0.717, 1.165) is 24.3 Å². The molecule has 1 saturated heterocycles. The fourth-order valence-corrected chi connectivity index (χ4v) is 3.36. The van der Waals surface area contributed by atoms with Crippen molar-refractivity contribution in [2.45, 2.75) is 26.2 Å². The molecule has 7 nitrogen and oxygen atoms in total. The molecule has 28 heavy (non-hydrogen) atoms. The number of para-hydroxylation sites is 1. The second kappa shape index (κ2) is 9.39. The predicted molar refractivity (Wildman–Crippen MR) is 106 cm³/mol. The van der Waals surface area contributed by atoms with Crippen LogP contribution in [0.15, 0.2) is 36.4 Å². The Kier molecular flexibility index (Phi) is 6.68. The van der Waals surface area contributed by atoms with E-state index in [0.29, 0.717) is 44.9 Å². The fourth-order valence-electron chi connectivity index (χ4n) is 3.36. The standard InChI is InChI=1S/C21H28N4O3/c1-3-7-17-16-19(23(2)22-17)21(27)25-11-10-20(26)24(12-13-25)14-15-28-18-8-5-4-6-9-18/h4-6,8-9,16H,3,7,10-15H2,1-2H3. The van der Waals surface area contributed by atoms with Gasteiger partial charge in [0.15, 0.2) is 0 Å². The molecular formula is C21H28N4O3. The number of carbonyl (C=O) groups is 2. The smallest absolute Gasteiger partial charge is 0.272 e. The molecule has 2 heterocycles. The van der Waals surface area contributed by atoms with Crippen LogP contribution in [-0.4, -0.2) is 64.2 Å². The number of hydrogen-bond donors (Lipinski definition) is 0. The predicted octanol–water partition coefficient (Wildman–Crippen LogP) is 2.13. The summed E-state index contributed by atoms with van der Waals surface area (Å²) in [7, 11) is 1.79. The Morgan fingerprint density at radius 2 is 1.96 bits per heavy atom. The molecule has 2 amide bonds. The van der Waals surface area contributed by atoms with E-state index in [-0.39, 0.29) is 11.8 Å². The second-order valence-electron chi connectivity index (χ2n) is 6.98. The zero-order chi connectivity index (χ0) is 19.9. The van der Waals surface area contributed by atoms with Crippen LogP contribution in [0, 0.1) is 0 Å². The first-order valence-electron chi connectivity index (χ1n) is 9.86. The Morgan fingerprint density at radius 1 is 1.18 bits per heavy atom. The van der Waals surface area contributed by atoms with Crippen molar-refractivity contribution in [3.05, 3.63) is 47.8 Å². The van der Waals surface area contributed by atoms with E-state index in [4.69, 9.17) is 4.74 Å². The normalized spacial score (nSPS) is 14.9. The van der Waals surface area contributed by atoms with Crippen molar-refractivity contribution in [1.29, 1.82) is 0 Å². The molecule has 150 valence electrons. The molecule has 0 radical (unpaired) electrons. The first-order valence-corrected chi connectivity index (χ1v) is 9.86. The molecule has 0 saturated carbocycles. The van der Waals surface area contributed by atoms with Crippen LogP contribution in [0.25, 0.3) is 0 Å². The largest absolute Gasteiger partial charge is 0.492 e. The molecule has 0 N–H and O–H groups in total. The van der Waals surface area contributed by atoms with E-state index < -0.39 is 0 Å². The van der Waals surface area contributed by atoms with E-state index in [1.54, 1.807) is 21.5 Å². The van der Waals surface area contributed by atoms with Crippen LogP contribution in [0.5, 0.6) is 5.75 Å². The first kappa shape index (κ1) is 19.9. The third-order valence-electron chi connectivity index (χ3n) is 4.90. The van der Waals surface area contributed by atoms with Gasteiger partial charge in [-0.1, -0.05) is 31.5 Å². The molecule has 1 fully saturated rings. The van der Waals surface area contributed by atoms with Gasteiger partial charge in [-0.25, -0.2) is 0 Å². The highest BCUT2D eigenvalue weighted by molar-refractivity contribution is 5.93. The summed E-state index contributed by atoms with van der Waals surface area (Å²) in [6, 6.07) is 11.4. The van der Waals surface area contributed by atoms with Gasteiger partial charge in [-0.05, 0) is 24.6 Å². The van der Waals surface area contributed by atoms with Gasteiger partial charge < -0.3 is 14.5 Å². The summed E-state index contributed by atoms with van der Waals surface area (Å²) >= 11 is 0. The van der Waals surface area contributed by atoms with Crippen LogP contribution in [0.4, 0.5) is 0 Å². The SMILES string of the molecule is CCCc1cc(C(=O)N2CCC(=O)N(CCOc3ccccc3)CC2)n(C)n1. The zero-order valence-corrected chi connectivity index (χ0v) is 16.6. The van der Waals surface area contributed by atoms with Gasteiger partial charge >= 0.3 is 0 Å². The van der Waals surface area contributed by atoms with Gasteiger partial charge in [0.1, 0.15) is 18.1 Å². The lowest BCUT2D eigenvalue weighted by Crippen LogP contribution is -2.38. The quantitative estimate of drug-likeness (QED) is 0.733. The molecule has 1 aromatic heterocycles. The van der Waals surface area contributed by atoms with Crippen molar-refractivity contribution in [3.63, 3.8) is 0 Å². The lowest BCUT2D eigenvalue weighted by molar-refractivity contribution is -0.130. The number of hydrogen-bond acceptors (Lipinski definition) is 4. The summed E-state index contributed by atoms with van der Waals surface area (Å²) in [5, 5.41) is 4.41. The molecule has 0 bridgehead atoms. The molecule has 1 aliphatic heterocycles. The summed E-state index contributed by atoms with van der Waals surface area (Å²) < 4.78 is 7.34. The lowest BCUT2D eigenvalue weighted by Gasteiger charge is -2.22. The van der Waals surface area contributed by atoms with Crippen molar-refractivity contribution < 1.29 is 14.3 Å². The van der Waals surface area contributed by atoms with Crippen LogP contribution in [0.3, 0.4) is 0 Å². The Morgan fingerprint density at radius 3 is 2.71 bits per heavy atom. The van der Waals surface area contributed by atoms with E-state index in [9.17, 15) is 9.59 Å². The maximum Gasteiger partial charge on any atom is 0.272 e. The first-order chi connectivity index (χ1) is 13.6. The fraction of sp³-hybridized carbons (Fsp3) is 0.476. The van der Waals surface area contributed by atoms with Gasteiger partial charge in [0.2, 0.25) is 5.91 Å². The minimum atomic E-state index is -0.0625. The Labute approximate surface area is 165 Å². The number of ether oxygens (including phenoxy) is 1. The molecule has 2 aromatic rings. The molecule has 0 unspecified atom stereocenters. The highest BCUT2D eigenvalue weighted by Crippen LogP contribution is 2.13. The zero-order valence-electron chi connectivity index (χ0n) is 16.6. The monoisotopic (exact) mass is 384 g/mol. The van der Waals surface area contributed by atoms with E-state index in [1.807, 2.05) is 36.4 Å². The number of benzene rings is 1. The van der Waals surface area contributed by atoms with Crippen molar-refractivity contribution in [3.8, 4) is 5.75 Å². The highest BCUT2D eigenvalue weighted by Gasteiger charge is 2.26. The van der Waals surface area contributed by atoms with Gasteiger partial charge in [0.05, 0.1) is 12.2 Å². The van der Waals surface area contributed by atoms with E-state index in [2.05, 4.69) is 12.0 Å². The van der Waals surface area contributed by atoms with E-state index >= 15 is 0 Å². The Hall–Kier alpha value is -2.83. The molecule has 0 spiro atoms. The van der Waals surface area contributed by atoms with Crippen molar-refractivity contribution >= 4 is 11.8 Å². The molecule has 0 atom stereocenters. The number of aromatic nitrogens is 2. The number of carbonyl (C=O) groups excluding carboxylic acids is 2. The van der Waals surface area contributed by atoms with Crippen molar-refractivity contribution in [1.82, 2.24) is 19.6 Å². The van der Waals surface area contributed by atoms with Crippen LogP contribution in [-0.2, 0) is 18.3 Å². The van der Waals surface area contributed by atoms with Gasteiger partial charge in [-0.3, -0.25) is 14.3 Å².